The van der Waals surface area contributed by atoms with Gasteiger partial charge >= 0.3 is 0 Å². The summed E-state index contributed by atoms with van der Waals surface area (Å²) in [6.45, 7) is 13.2. The molecule has 1 heterocycles. The van der Waals surface area contributed by atoms with Gasteiger partial charge in [0.15, 0.2) is 5.78 Å². The second kappa shape index (κ2) is 14.4. The van der Waals surface area contributed by atoms with Crippen LogP contribution in [0.5, 0.6) is 0 Å². The highest BCUT2D eigenvalue weighted by Gasteiger charge is 2.03. The number of halogens is 1. The Kier molecular flexibility index (Phi) is 11.8. The predicted octanol–water partition coefficient (Wildman–Crippen LogP) is 7.39. The summed E-state index contributed by atoms with van der Waals surface area (Å²) in [7, 11) is 0. The minimum absolute atomic E-state index is 0.206. The van der Waals surface area contributed by atoms with Crippen molar-refractivity contribution in [1.29, 1.82) is 0 Å². The summed E-state index contributed by atoms with van der Waals surface area (Å²) in [5.41, 5.74) is 6.20. The van der Waals surface area contributed by atoms with E-state index >= 15 is 0 Å². The molecule has 1 aromatic rings. The van der Waals surface area contributed by atoms with Crippen LogP contribution in [0.3, 0.4) is 0 Å². The van der Waals surface area contributed by atoms with E-state index in [1.54, 1.807) is 30.6 Å². The molecule has 4 heteroatoms. The Hall–Kier alpha value is -3.66. The summed E-state index contributed by atoms with van der Waals surface area (Å²) < 4.78 is 12.6. The van der Waals surface area contributed by atoms with Gasteiger partial charge in [-0.1, -0.05) is 55.2 Å². The third kappa shape index (κ3) is 9.43. The minimum atomic E-state index is -0.206. The first-order chi connectivity index (χ1) is 15.3. The van der Waals surface area contributed by atoms with Gasteiger partial charge in [-0.3, -0.25) is 4.79 Å². The van der Waals surface area contributed by atoms with Crippen LogP contribution >= 0.6 is 0 Å². The molecule has 3 nitrogen and oxygen atoms in total. The summed E-state index contributed by atoms with van der Waals surface area (Å²) in [5, 5.41) is 0. The Balaban J connectivity index is 3.40. The zero-order chi connectivity index (χ0) is 23.9. The molecule has 0 saturated carbocycles. The molecule has 0 spiro atoms. The normalized spacial score (nSPS) is 15.1. The Bertz CT molecular complexity index is 1050. The minimum Gasteiger partial charge on any atom is -0.295 e. The molecule has 0 radical (unpaired) electrons. The molecule has 0 aliphatic carbocycles. The first-order valence-corrected chi connectivity index (χ1v) is 10.3. The second-order valence-corrected chi connectivity index (χ2v) is 7.12. The quantitative estimate of drug-likeness (QED) is 0.287. The predicted molar refractivity (Wildman–Crippen MR) is 133 cm³/mol. The third-order valence-corrected chi connectivity index (χ3v) is 4.72. The highest BCUT2D eigenvalue weighted by atomic mass is 19.1. The number of nitrogens with zero attached hydrogens (tertiary/aromatic N) is 2. The van der Waals surface area contributed by atoms with Gasteiger partial charge in [-0.05, 0) is 74.6 Å². The van der Waals surface area contributed by atoms with Crippen molar-refractivity contribution in [2.75, 3.05) is 0 Å². The van der Waals surface area contributed by atoms with Gasteiger partial charge in [0.1, 0.15) is 6.33 Å². The maximum absolute atomic E-state index is 12.6. The molecular weight excluding hydrogens is 399 g/mol. The lowest BCUT2D eigenvalue weighted by Crippen LogP contribution is -1.93. The average Bonchev–Trinajstić information content (AvgIpc) is 2.79. The van der Waals surface area contributed by atoms with E-state index in [0.29, 0.717) is 6.33 Å². The number of hydrogen-bond acceptors (Lipinski definition) is 3. The van der Waals surface area contributed by atoms with Gasteiger partial charge in [0, 0.05) is 23.5 Å². The van der Waals surface area contributed by atoms with Crippen molar-refractivity contribution in [2.45, 2.75) is 34.6 Å². The van der Waals surface area contributed by atoms with Crippen LogP contribution in [0.25, 0.3) is 6.08 Å². The maximum atomic E-state index is 12.6. The number of hydrogen-bond donors (Lipinski definition) is 0. The first kappa shape index (κ1) is 26.4. The van der Waals surface area contributed by atoms with Crippen molar-refractivity contribution in [3.05, 3.63) is 125 Å². The lowest BCUT2D eigenvalue weighted by Gasteiger charge is -2.07. The molecule has 32 heavy (non-hydrogen) atoms. The fourth-order valence-electron chi connectivity index (χ4n) is 2.57. The van der Waals surface area contributed by atoms with E-state index in [1.807, 2.05) is 58.1 Å². The van der Waals surface area contributed by atoms with Crippen LogP contribution in [0.1, 0.15) is 40.2 Å². The lowest BCUT2D eigenvalue weighted by atomic mass is 9.98. The topological polar surface area (TPSA) is 42.9 Å². The molecule has 0 saturated heterocycles. The van der Waals surface area contributed by atoms with Gasteiger partial charge in [0.05, 0.1) is 6.33 Å². The number of carbonyl (C=O) groups excluding carboxylic acids is 1. The van der Waals surface area contributed by atoms with Crippen molar-refractivity contribution in [3.63, 3.8) is 0 Å². The Morgan fingerprint density at radius 2 is 1.62 bits per heavy atom. The molecule has 0 unspecified atom stereocenters. The van der Waals surface area contributed by atoms with Crippen molar-refractivity contribution in [3.8, 4) is 0 Å². The molecule has 0 aliphatic rings. The fraction of sp³-hybridized carbons (Fsp3) is 0.179. The number of Topliss-reactive ketones (excluding diaryl/α,β-unsaturated/α-hetero) is 1. The number of ketones is 1. The third-order valence-electron chi connectivity index (χ3n) is 4.72. The molecule has 0 fully saturated rings. The van der Waals surface area contributed by atoms with Crippen LogP contribution in [-0.4, -0.2) is 15.8 Å². The van der Waals surface area contributed by atoms with Gasteiger partial charge in [-0.15, -0.1) is 0 Å². The van der Waals surface area contributed by atoms with Crippen LogP contribution in [0, 0.1) is 0 Å². The zero-order valence-corrected chi connectivity index (χ0v) is 19.5. The SMILES string of the molecule is C=CC(/C=C\C=C(C)\C(C)=C\C(=C/c1cncnc1)C(\C)=C\C=C(/C=C/F)C(C)=O)=C/C. The van der Waals surface area contributed by atoms with Crippen LogP contribution in [0.15, 0.2) is 120 Å². The molecule has 0 atom stereocenters. The summed E-state index contributed by atoms with van der Waals surface area (Å²) in [6.07, 6.45) is 23.7. The highest BCUT2D eigenvalue weighted by molar-refractivity contribution is 5.96. The molecule has 0 bridgehead atoms. The van der Waals surface area contributed by atoms with Gasteiger partial charge in [0.25, 0.3) is 0 Å². The largest absolute Gasteiger partial charge is 0.295 e. The van der Waals surface area contributed by atoms with Gasteiger partial charge in [-0.2, -0.15) is 0 Å². The van der Waals surface area contributed by atoms with E-state index in [2.05, 4.69) is 22.6 Å². The molecule has 0 aliphatic heterocycles. The van der Waals surface area contributed by atoms with Crippen LogP contribution in [0.2, 0.25) is 0 Å². The molecular formula is C28H31FN2O. The van der Waals surface area contributed by atoms with E-state index in [1.165, 1.54) is 13.3 Å². The molecule has 166 valence electrons. The maximum Gasteiger partial charge on any atom is 0.159 e. The van der Waals surface area contributed by atoms with Crippen LogP contribution in [-0.2, 0) is 4.79 Å². The number of carbonyl (C=O) groups is 1. The number of allylic oxidation sites excluding steroid dienone is 15. The average molecular weight is 431 g/mol. The summed E-state index contributed by atoms with van der Waals surface area (Å²) in [5.74, 6) is -0.206. The summed E-state index contributed by atoms with van der Waals surface area (Å²) >= 11 is 0. The summed E-state index contributed by atoms with van der Waals surface area (Å²) in [6, 6.07) is 0. The van der Waals surface area contributed by atoms with Gasteiger partial charge < -0.3 is 0 Å². The summed E-state index contributed by atoms with van der Waals surface area (Å²) in [4.78, 5) is 19.8. The van der Waals surface area contributed by atoms with E-state index in [0.717, 1.165) is 39.5 Å². The molecule has 0 aromatic carbocycles. The van der Waals surface area contributed by atoms with Crippen molar-refractivity contribution in [2.24, 2.45) is 0 Å². The van der Waals surface area contributed by atoms with E-state index in [9.17, 15) is 9.18 Å². The van der Waals surface area contributed by atoms with Gasteiger partial charge in [-0.25, -0.2) is 14.4 Å². The number of aromatic nitrogens is 2. The number of rotatable bonds is 10. The Morgan fingerprint density at radius 1 is 0.938 bits per heavy atom. The molecule has 1 aromatic heterocycles. The Labute approximate surface area is 191 Å². The van der Waals surface area contributed by atoms with Crippen LogP contribution < -0.4 is 0 Å². The van der Waals surface area contributed by atoms with Crippen molar-refractivity contribution >= 4 is 11.9 Å². The monoisotopic (exact) mass is 430 g/mol. The van der Waals surface area contributed by atoms with E-state index < -0.39 is 0 Å². The second-order valence-electron chi connectivity index (χ2n) is 7.12. The molecule has 0 N–H and O–H groups in total. The Morgan fingerprint density at radius 3 is 2.19 bits per heavy atom. The van der Waals surface area contributed by atoms with Gasteiger partial charge in [0.2, 0.25) is 0 Å². The zero-order valence-electron chi connectivity index (χ0n) is 19.5. The fourth-order valence-corrected chi connectivity index (χ4v) is 2.57. The van der Waals surface area contributed by atoms with Crippen molar-refractivity contribution < 1.29 is 9.18 Å². The van der Waals surface area contributed by atoms with Crippen molar-refractivity contribution in [1.82, 2.24) is 9.97 Å². The first-order valence-electron chi connectivity index (χ1n) is 10.3. The standard InChI is InChI=1S/C28H31FN2O/c1-7-25(8-2)11-9-10-21(3)23(5)16-28(17-26-18-30-20-31-19-26)22(4)12-13-27(14-15-29)24(6)32/h7-20H,1H2,2-6H3/b11-9-,15-14+,21-10+,22-12+,23-16+,25-8-,27-13+,28-17+. The van der Waals surface area contributed by atoms with Crippen LogP contribution in [0.4, 0.5) is 4.39 Å². The van der Waals surface area contributed by atoms with E-state index in [4.69, 9.17) is 0 Å². The molecule has 0 amide bonds. The smallest absolute Gasteiger partial charge is 0.159 e. The highest BCUT2D eigenvalue weighted by Crippen LogP contribution is 2.21. The van der Waals surface area contributed by atoms with E-state index in [-0.39, 0.29) is 11.4 Å². The lowest BCUT2D eigenvalue weighted by molar-refractivity contribution is -0.113. The molecule has 1 rings (SSSR count).